The van der Waals surface area contributed by atoms with Crippen molar-refractivity contribution in [2.75, 3.05) is 14.2 Å². The Morgan fingerprint density at radius 3 is 1.66 bits per heavy atom. The summed E-state index contributed by atoms with van der Waals surface area (Å²) in [5, 5.41) is 11.8. The van der Waals surface area contributed by atoms with Crippen LogP contribution in [0, 0.1) is 6.92 Å². The van der Waals surface area contributed by atoms with Gasteiger partial charge in [-0.15, -0.1) is 0 Å². The zero-order valence-corrected chi connectivity index (χ0v) is 17.3. The molecule has 0 saturated heterocycles. The van der Waals surface area contributed by atoms with Gasteiger partial charge in [-0.3, -0.25) is 0 Å². The predicted octanol–water partition coefficient (Wildman–Crippen LogP) is 4.23. The lowest BCUT2D eigenvalue weighted by molar-refractivity contribution is 0.0134. The van der Waals surface area contributed by atoms with E-state index < -0.39 is 11.6 Å². The molecule has 3 rings (SSSR count). The van der Waals surface area contributed by atoms with Gasteiger partial charge in [-0.25, -0.2) is 0 Å². The van der Waals surface area contributed by atoms with Crippen molar-refractivity contribution < 1.29 is 14.6 Å². The van der Waals surface area contributed by atoms with Gasteiger partial charge in [-0.1, -0.05) is 48.5 Å². The van der Waals surface area contributed by atoms with Crippen LogP contribution in [0.1, 0.15) is 28.3 Å². The lowest BCUT2D eigenvalue weighted by Gasteiger charge is -2.35. The molecule has 0 bridgehead atoms. The Hall–Kier alpha value is -2.82. The minimum absolute atomic E-state index is 0.429. The fourth-order valence-corrected chi connectivity index (χ4v) is 3.70. The van der Waals surface area contributed by atoms with E-state index in [1.54, 1.807) is 14.2 Å². The van der Waals surface area contributed by atoms with Crippen molar-refractivity contribution in [1.29, 1.82) is 0 Å². The molecule has 29 heavy (non-hydrogen) atoms. The van der Waals surface area contributed by atoms with Crippen LogP contribution in [0.25, 0.3) is 0 Å². The van der Waals surface area contributed by atoms with Gasteiger partial charge in [0.1, 0.15) is 11.5 Å². The Bertz CT molecular complexity index is 870. The van der Waals surface area contributed by atoms with Crippen LogP contribution in [-0.4, -0.2) is 24.9 Å². The van der Waals surface area contributed by atoms with Gasteiger partial charge >= 0.3 is 0 Å². The fraction of sp³-hybridized carbons (Fsp3) is 0.280. The second-order valence-electron chi connectivity index (χ2n) is 7.49. The summed E-state index contributed by atoms with van der Waals surface area (Å²) in [6.45, 7) is 2.02. The van der Waals surface area contributed by atoms with E-state index in [2.05, 4.69) is 0 Å². The first kappa shape index (κ1) is 20.9. The van der Waals surface area contributed by atoms with Crippen LogP contribution in [0.4, 0.5) is 0 Å². The van der Waals surface area contributed by atoms with Crippen molar-refractivity contribution in [2.24, 2.45) is 5.73 Å². The monoisotopic (exact) mass is 391 g/mol. The third-order valence-electron chi connectivity index (χ3n) is 5.44. The summed E-state index contributed by atoms with van der Waals surface area (Å²) in [6.07, 6.45) is 0.858. The van der Waals surface area contributed by atoms with Gasteiger partial charge in [0.05, 0.1) is 25.9 Å². The van der Waals surface area contributed by atoms with Crippen molar-refractivity contribution in [1.82, 2.24) is 0 Å². The topological polar surface area (TPSA) is 64.7 Å². The maximum absolute atomic E-state index is 11.8. The number of aliphatic hydroxyl groups is 1. The highest BCUT2D eigenvalue weighted by atomic mass is 16.5. The first-order valence-electron chi connectivity index (χ1n) is 9.74. The maximum Gasteiger partial charge on any atom is 0.118 e. The Labute approximate surface area is 172 Å². The molecule has 0 heterocycles. The summed E-state index contributed by atoms with van der Waals surface area (Å²) in [7, 11) is 3.28. The summed E-state index contributed by atoms with van der Waals surface area (Å²) >= 11 is 0. The number of rotatable bonds is 8. The SMILES string of the molecule is COc1ccc(CC(O)(Cc2ccc(OC)cc2)C(N)c2ccccc2C)cc1. The third-order valence-corrected chi connectivity index (χ3v) is 5.44. The molecule has 0 saturated carbocycles. The van der Waals surface area contributed by atoms with Crippen LogP contribution < -0.4 is 15.2 Å². The molecule has 0 amide bonds. The minimum Gasteiger partial charge on any atom is -0.497 e. The second kappa shape index (κ2) is 9.12. The number of aryl methyl sites for hydroxylation is 1. The molecule has 0 spiro atoms. The van der Waals surface area contributed by atoms with Gasteiger partial charge in [0, 0.05) is 12.8 Å². The van der Waals surface area contributed by atoms with E-state index in [9.17, 15) is 5.11 Å². The largest absolute Gasteiger partial charge is 0.497 e. The molecule has 3 N–H and O–H groups in total. The summed E-state index contributed by atoms with van der Waals surface area (Å²) in [4.78, 5) is 0. The van der Waals surface area contributed by atoms with Crippen molar-refractivity contribution in [3.05, 3.63) is 95.1 Å². The number of hydrogen-bond donors (Lipinski definition) is 2. The third kappa shape index (κ3) is 4.97. The van der Waals surface area contributed by atoms with E-state index in [-0.39, 0.29) is 0 Å². The van der Waals surface area contributed by atoms with E-state index in [1.165, 1.54) is 0 Å². The molecular weight excluding hydrogens is 362 g/mol. The fourth-order valence-electron chi connectivity index (χ4n) is 3.70. The van der Waals surface area contributed by atoms with Gasteiger partial charge < -0.3 is 20.3 Å². The molecule has 152 valence electrons. The summed E-state index contributed by atoms with van der Waals surface area (Å²) in [6, 6.07) is 22.9. The average Bonchev–Trinajstić information content (AvgIpc) is 2.74. The number of methoxy groups -OCH3 is 2. The number of ether oxygens (including phenoxy) is 2. The molecule has 1 atom stereocenters. The number of nitrogens with two attached hydrogens (primary N) is 1. The van der Waals surface area contributed by atoms with Crippen molar-refractivity contribution in [2.45, 2.75) is 31.4 Å². The summed E-state index contributed by atoms with van der Waals surface area (Å²) in [5.74, 6) is 1.58. The predicted molar refractivity (Wildman–Crippen MR) is 116 cm³/mol. The Morgan fingerprint density at radius 1 is 0.793 bits per heavy atom. The molecule has 0 aromatic heterocycles. The van der Waals surface area contributed by atoms with Gasteiger partial charge in [0.15, 0.2) is 0 Å². The maximum atomic E-state index is 11.8. The zero-order valence-electron chi connectivity index (χ0n) is 17.3. The molecule has 0 radical (unpaired) electrons. The van der Waals surface area contributed by atoms with Crippen LogP contribution in [0.15, 0.2) is 72.8 Å². The van der Waals surface area contributed by atoms with Gasteiger partial charge in [0.2, 0.25) is 0 Å². The van der Waals surface area contributed by atoms with Gasteiger partial charge in [-0.05, 0) is 53.4 Å². The van der Waals surface area contributed by atoms with Crippen LogP contribution in [0.5, 0.6) is 11.5 Å². The molecule has 1 unspecified atom stereocenters. The lowest BCUT2D eigenvalue weighted by atomic mass is 9.78. The van der Waals surface area contributed by atoms with E-state index >= 15 is 0 Å². The molecule has 0 aliphatic carbocycles. The standard InChI is InChI=1S/C25H29NO3/c1-18-6-4-5-7-23(18)24(26)25(27,16-19-8-12-21(28-2)13-9-19)17-20-10-14-22(29-3)15-11-20/h4-15,24,27H,16-17,26H2,1-3H3. The normalized spacial score (nSPS) is 12.4. The minimum atomic E-state index is -1.16. The Balaban J connectivity index is 1.95. The molecule has 4 nitrogen and oxygen atoms in total. The highest BCUT2D eigenvalue weighted by Crippen LogP contribution is 2.33. The zero-order chi connectivity index (χ0) is 20.9. The molecule has 0 aliphatic heterocycles. The van der Waals surface area contributed by atoms with Crippen molar-refractivity contribution in [3.63, 3.8) is 0 Å². The van der Waals surface area contributed by atoms with Crippen LogP contribution in [-0.2, 0) is 12.8 Å². The van der Waals surface area contributed by atoms with Gasteiger partial charge in [-0.2, -0.15) is 0 Å². The Kier molecular flexibility index (Phi) is 6.57. The van der Waals surface area contributed by atoms with Crippen molar-refractivity contribution >= 4 is 0 Å². The van der Waals surface area contributed by atoms with Crippen LogP contribution in [0.3, 0.4) is 0 Å². The average molecular weight is 392 g/mol. The molecule has 0 fully saturated rings. The second-order valence-corrected chi connectivity index (χ2v) is 7.49. The molecule has 4 heteroatoms. The quantitative estimate of drug-likeness (QED) is 0.603. The first-order chi connectivity index (χ1) is 13.9. The highest BCUT2D eigenvalue weighted by molar-refractivity contribution is 5.35. The Morgan fingerprint density at radius 2 is 1.24 bits per heavy atom. The van der Waals surface area contributed by atoms with E-state index in [1.807, 2.05) is 79.7 Å². The number of hydrogen-bond acceptors (Lipinski definition) is 4. The smallest absolute Gasteiger partial charge is 0.118 e. The first-order valence-corrected chi connectivity index (χ1v) is 9.74. The van der Waals surface area contributed by atoms with Crippen LogP contribution >= 0.6 is 0 Å². The molecule has 3 aromatic rings. The van der Waals surface area contributed by atoms with E-state index in [0.717, 1.165) is 33.8 Å². The van der Waals surface area contributed by atoms with E-state index in [0.29, 0.717) is 12.8 Å². The highest BCUT2D eigenvalue weighted by Gasteiger charge is 2.36. The summed E-state index contributed by atoms with van der Waals surface area (Å²) in [5.41, 5.74) is 9.56. The molecular formula is C25H29NO3. The van der Waals surface area contributed by atoms with E-state index in [4.69, 9.17) is 15.2 Å². The lowest BCUT2D eigenvalue weighted by Crippen LogP contribution is -2.45. The van der Waals surface area contributed by atoms with Gasteiger partial charge in [0.25, 0.3) is 0 Å². The summed E-state index contributed by atoms with van der Waals surface area (Å²) < 4.78 is 10.5. The molecule has 3 aromatic carbocycles. The number of benzene rings is 3. The van der Waals surface area contributed by atoms with Crippen LogP contribution in [0.2, 0.25) is 0 Å². The molecule has 0 aliphatic rings. The van der Waals surface area contributed by atoms with Crippen molar-refractivity contribution in [3.8, 4) is 11.5 Å².